The van der Waals surface area contributed by atoms with Gasteiger partial charge in [0.25, 0.3) is 0 Å². The number of rotatable bonds is 1. The summed E-state index contributed by atoms with van der Waals surface area (Å²) in [6.07, 6.45) is 0. The summed E-state index contributed by atoms with van der Waals surface area (Å²) < 4.78 is 1.89. The molecule has 1 aromatic heterocycles. The second kappa shape index (κ2) is 3.28. The molecule has 0 unspecified atom stereocenters. The molecule has 0 aliphatic carbocycles. The average molecular weight is 224 g/mol. The van der Waals surface area contributed by atoms with Crippen LogP contribution in [0, 0.1) is 6.92 Å². The lowest BCUT2D eigenvalue weighted by atomic mass is 10.1. The Morgan fingerprint density at radius 2 is 2.13 bits per heavy atom. The molecule has 0 aliphatic rings. The Bertz CT molecular complexity index is 557. The van der Waals surface area contributed by atoms with E-state index in [1.54, 1.807) is 12.1 Å². The van der Waals surface area contributed by atoms with Crippen LogP contribution in [0.15, 0.2) is 18.2 Å². The summed E-state index contributed by atoms with van der Waals surface area (Å²) in [4.78, 5) is 11.0. The van der Waals surface area contributed by atoms with E-state index in [2.05, 4.69) is 0 Å². The van der Waals surface area contributed by atoms with Gasteiger partial charge in [-0.3, -0.25) is 0 Å². The van der Waals surface area contributed by atoms with Crippen molar-refractivity contribution in [2.75, 3.05) is 0 Å². The fourth-order valence-electron chi connectivity index (χ4n) is 1.74. The molecule has 0 spiro atoms. The van der Waals surface area contributed by atoms with E-state index in [9.17, 15) is 4.79 Å². The number of hydrogen-bond acceptors (Lipinski definition) is 1. The molecule has 15 heavy (non-hydrogen) atoms. The van der Waals surface area contributed by atoms with E-state index in [1.165, 1.54) is 0 Å². The van der Waals surface area contributed by atoms with E-state index in [0.717, 1.165) is 11.2 Å². The number of halogens is 1. The first-order valence-corrected chi connectivity index (χ1v) is 4.88. The molecule has 1 heterocycles. The topological polar surface area (TPSA) is 42.2 Å². The molecule has 0 saturated heterocycles. The zero-order valence-corrected chi connectivity index (χ0v) is 9.17. The zero-order chi connectivity index (χ0) is 11.2. The molecule has 0 amide bonds. The number of benzene rings is 1. The number of carboxylic acids is 1. The van der Waals surface area contributed by atoms with Crippen molar-refractivity contribution in [2.24, 2.45) is 7.05 Å². The van der Waals surface area contributed by atoms with Crippen molar-refractivity contribution in [3.05, 3.63) is 34.5 Å². The highest BCUT2D eigenvalue weighted by atomic mass is 35.5. The fraction of sp³-hybridized carbons (Fsp3) is 0.182. The van der Waals surface area contributed by atoms with Crippen LogP contribution >= 0.6 is 11.6 Å². The molecule has 78 valence electrons. The SMILES string of the molecule is Cc1c(Cl)c2c(C(=O)O)cccc2n1C. The molecule has 2 aromatic rings. The molecule has 1 N–H and O–H groups in total. The first-order chi connectivity index (χ1) is 7.04. The van der Waals surface area contributed by atoms with Gasteiger partial charge in [-0.1, -0.05) is 17.7 Å². The van der Waals surface area contributed by atoms with Crippen molar-refractivity contribution in [2.45, 2.75) is 6.92 Å². The first-order valence-electron chi connectivity index (χ1n) is 4.51. The van der Waals surface area contributed by atoms with Gasteiger partial charge < -0.3 is 9.67 Å². The van der Waals surface area contributed by atoms with Gasteiger partial charge in [-0.25, -0.2) is 4.79 Å². The normalized spacial score (nSPS) is 10.9. The van der Waals surface area contributed by atoms with E-state index >= 15 is 0 Å². The lowest BCUT2D eigenvalue weighted by Crippen LogP contribution is -1.96. The van der Waals surface area contributed by atoms with Gasteiger partial charge >= 0.3 is 5.97 Å². The van der Waals surface area contributed by atoms with E-state index < -0.39 is 5.97 Å². The van der Waals surface area contributed by atoms with Crippen molar-refractivity contribution in [3.8, 4) is 0 Å². The molecule has 0 atom stereocenters. The van der Waals surface area contributed by atoms with Gasteiger partial charge in [0.05, 0.1) is 16.1 Å². The maximum absolute atomic E-state index is 11.0. The maximum atomic E-state index is 11.0. The molecule has 3 nitrogen and oxygen atoms in total. The van der Waals surface area contributed by atoms with Crippen molar-refractivity contribution in [3.63, 3.8) is 0 Å². The highest BCUT2D eigenvalue weighted by molar-refractivity contribution is 6.37. The van der Waals surface area contributed by atoms with Crippen LogP contribution in [0.25, 0.3) is 10.9 Å². The average Bonchev–Trinajstić information content (AvgIpc) is 2.44. The van der Waals surface area contributed by atoms with Gasteiger partial charge in [0.2, 0.25) is 0 Å². The Morgan fingerprint density at radius 3 is 2.73 bits per heavy atom. The van der Waals surface area contributed by atoms with Crippen molar-refractivity contribution < 1.29 is 9.90 Å². The van der Waals surface area contributed by atoms with Gasteiger partial charge in [-0.2, -0.15) is 0 Å². The van der Waals surface area contributed by atoms with Crippen LogP contribution in [0.3, 0.4) is 0 Å². The standard InChI is InChI=1S/C11H10ClNO2/c1-6-10(12)9-7(11(14)15)4-3-5-8(9)13(6)2/h3-5H,1-2H3,(H,14,15). The third kappa shape index (κ3) is 1.31. The molecule has 0 radical (unpaired) electrons. The molecule has 0 saturated carbocycles. The highest BCUT2D eigenvalue weighted by Gasteiger charge is 2.16. The Kier molecular flexibility index (Phi) is 2.20. The smallest absolute Gasteiger partial charge is 0.336 e. The number of fused-ring (bicyclic) bond motifs is 1. The summed E-state index contributed by atoms with van der Waals surface area (Å²) in [6.45, 7) is 1.87. The number of aromatic nitrogens is 1. The number of aryl methyl sites for hydroxylation is 1. The summed E-state index contributed by atoms with van der Waals surface area (Å²) in [5.74, 6) is -0.951. The monoisotopic (exact) mass is 223 g/mol. The Morgan fingerprint density at radius 1 is 1.47 bits per heavy atom. The zero-order valence-electron chi connectivity index (χ0n) is 8.41. The van der Waals surface area contributed by atoms with Crippen LogP contribution < -0.4 is 0 Å². The van der Waals surface area contributed by atoms with Gasteiger partial charge in [0.1, 0.15) is 0 Å². The van der Waals surface area contributed by atoms with Crippen LogP contribution in [0.2, 0.25) is 5.02 Å². The van der Waals surface area contributed by atoms with Crippen LogP contribution in [0.4, 0.5) is 0 Å². The van der Waals surface area contributed by atoms with Crippen LogP contribution in [0.5, 0.6) is 0 Å². The number of hydrogen-bond donors (Lipinski definition) is 1. The Labute approximate surface area is 91.9 Å². The fourth-order valence-corrected chi connectivity index (χ4v) is 2.06. The number of nitrogens with zero attached hydrogens (tertiary/aromatic N) is 1. The summed E-state index contributed by atoms with van der Waals surface area (Å²) >= 11 is 6.11. The predicted octanol–water partition coefficient (Wildman–Crippen LogP) is 2.84. The van der Waals surface area contributed by atoms with E-state index in [4.69, 9.17) is 16.7 Å². The van der Waals surface area contributed by atoms with Crippen LogP contribution in [-0.2, 0) is 7.05 Å². The second-order valence-electron chi connectivity index (χ2n) is 3.46. The maximum Gasteiger partial charge on any atom is 0.336 e. The minimum atomic E-state index is -0.951. The van der Waals surface area contributed by atoms with Gasteiger partial charge in [0.15, 0.2) is 0 Å². The summed E-state index contributed by atoms with van der Waals surface area (Å²) in [5, 5.41) is 10.2. The largest absolute Gasteiger partial charge is 0.478 e. The number of aromatic carboxylic acids is 1. The second-order valence-corrected chi connectivity index (χ2v) is 3.84. The van der Waals surface area contributed by atoms with E-state index in [0.29, 0.717) is 10.4 Å². The third-order valence-corrected chi connectivity index (χ3v) is 3.14. The summed E-state index contributed by atoms with van der Waals surface area (Å²) in [6, 6.07) is 5.15. The molecular formula is C11H10ClNO2. The number of carbonyl (C=O) groups is 1. The molecular weight excluding hydrogens is 214 g/mol. The lowest BCUT2D eigenvalue weighted by molar-refractivity contribution is 0.0699. The van der Waals surface area contributed by atoms with E-state index in [-0.39, 0.29) is 5.56 Å². The number of carboxylic acid groups (broad SMARTS) is 1. The Balaban J connectivity index is 2.98. The van der Waals surface area contributed by atoms with Gasteiger partial charge in [-0.05, 0) is 19.1 Å². The molecule has 4 heteroatoms. The van der Waals surface area contributed by atoms with Crippen molar-refractivity contribution >= 4 is 28.5 Å². The summed E-state index contributed by atoms with van der Waals surface area (Å²) in [7, 11) is 1.87. The molecule has 0 bridgehead atoms. The minimum absolute atomic E-state index is 0.251. The lowest BCUT2D eigenvalue weighted by Gasteiger charge is -1.99. The third-order valence-electron chi connectivity index (χ3n) is 2.67. The predicted molar refractivity (Wildman–Crippen MR) is 59.6 cm³/mol. The van der Waals surface area contributed by atoms with Gasteiger partial charge in [-0.15, -0.1) is 0 Å². The summed E-state index contributed by atoms with van der Waals surface area (Å²) in [5.41, 5.74) is 1.97. The van der Waals surface area contributed by atoms with Crippen LogP contribution in [-0.4, -0.2) is 15.6 Å². The molecule has 0 aliphatic heterocycles. The van der Waals surface area contributed by atoms with Crippen LogP contribution in [0.1, 0.15) is 16.1 Å². The van der Waals surface area contributed by atoms with Crippen molar-refractivity contribution in [1.29, 1.82) is 0 Å². The molecule has 2 rings (SSSR count). The van der Waals surface area contributed by atoms with Gasteiger partial charge in [0, 0.05) is 18.1 Å². The molecule has 1 aromatic carbocycles. The van der Waals surface area contributed by atoms with Crippen molar-refractivity contribution in [1.82, 2.24) is 4.57 Å². The highest BCUT2D eigenvalue weighted by Crippen LogP contribution is 2.31. The van der Waals surface area contributed by atoms with E-state index in [1.807, 2.05) is 24.6 Å². The quantitative estimate of drug-likeness (QED) is 0.808. The Hall–Kier alpha value is -1.48. The molecule has 0 fully saturated rings. The minimum Gasteiger partial charge on any atom is -0.478 e. The first kappa shape index (κ1) is 10.1.